The fourth-order valence-electron chi connectivity index (χ4n) is 2.45. The van der Waals surface area contributed by atoms with Gasteiger partial charge in [0.25, 0.3) is 11.7 Å². The Morgan fingerprint density at radius 3 is 2.68 bits per heavy atom. The largest absolute Gasteiger partial charge is 0.469 e. The number of nitrogens with zero attached hydrogens (tertiary/aromatic N) is 3. The summed E-state index contributed by atoms with van der Waals surface area (Å²) >= 11 is 0. The maximum absolute atomic E-state index is 12.8. The molecule has 0 aliphatic carbocycles. The molecule has 0 bridgehead atoms. The molecule has 1 atom stereocenters. The molecule has 1 unspecified atom stereocenters. The number of hydrogen-bond donors (Lipinski definition) is 1. The fourth-order valence-corrected chi connectivity index (χ4v) is 2.45. The zero-order chi connectivity index (χ0) is 18.0. The van der Waals surface area contributed by atoms with Gasteiger partial charge in [0.15, 0.2) is 5.75 Å². The second-order valence-corrected chi connectivity index (χ2v) is 5.25. The topological polar surface area (TPSA) is 115 Å². The Balaban J connectivity index is 2.07. The first-order chi connectivity index (χ1) is 12.0. The highest BCUT2D eigenvalue weighted by Crippen LogP contribution is 2.38. The third-order valence-electron chi connectivity index (χ3n) is 3.69. The van der Waals surface area contributed by atoms with Crippen LogP contribution in [-0.4, -0.2) is 35.3 Å². The van der Waals surface area contributed by atoms with E-state index >= 15 is 0 Å². The Morgan fingerprint density at radius 1 is 1.32 bits per heavy atom. The SMILES string of the molecule is CNC(=O)CN1C(=O)C(c2ccccc2)Oc2ccc([N+](=O)[O-])nc21. The molecule has 2 heterocycles. The molecule has 1 aromatic carbocycles. The van der Waals surface area contributed by atoms with Crippen molar-refractivity contribution in [2.45, 2.75) is 6.10 Å². The predicted molar refractivity (Wildman–Crippen MR) is 87.1 cm³/mol. The summed E-state index contributed by atoms with van der Waals surface area (Å²) in [6.07, 6.45) is -0.957. The van der Waals surface area contributed by atoms with E-state index in [1.165, 1.54) is 19.2 Å². The molecule has 1 aliphatic rings. The summed E-state index contributed by atoms with van der Waals surface area (Å²) < 4.78 is 5.70. The maximum Gasteiger partial charge on any atom is 0.366 e. The van der Waals surface area contributed by atoms with Crippen LogP contribution in [0.4, 0.5) is 11.6 Å². The van der Waals surface area contributed by atoms with Crippen LogP contribution in [0.25, 0.3) is 0 Å². The van der Waals surface area contributed by atoms with Gasteiger partial charge in [-0.15, -0.1) is 0 Å². The molecule has 2 amide bonds. The summed E-state index contributed by atoms with van der Waals surface area (Å²) in [4.78, 5) is 39.9. The van der Waals surface area contributed by atoms with Crippen LogP contribution in [0.2, 0.25) is 0 Å². The molecule has 2 aromatic rings. The molecule has 0 saturated heterocycles. The lowest BCUT2D eigenvalue weighted by atomic mass is 10.1. The molecular weight excluding hydrogens is 328 g/mol. The number of amides is 2. The molecule has 0 fully saturated rings. The second-order valence-electron chi connectivity index (χ2n) is 5.25. The lowest BCUT2D eigenvalue weighted by molar-refractivity contribution is -0.389. The highest BCUT2D eigenvalue weighted by molar-refractivity contribution is 6.03. The third kappa shape index (κ3) is 3.11. The molecule has 25 heavy (non-hydrogen) atoms. The zero-order valence-electron chi connectivity index (χ0n) is 13.2. The van der Waals surface area contributed by atoms with E-state index < -0.39 is 28.7 Å². The van der Waals surface area contributed by atoms with Crippen molar-refractivity contribution in [3.8, 4) is 5.75 Å². The first-order valence-corrected chi connectivity index (χ1v) is 7.40. The molecule has 1 aromatic heterocycles. The number of carbonyl (C=O) groups is 2. The van der Waals surface area contributed by atoms with Crippen molar-refractivity contribution < 1.29 is 19.2 Å². The van der Waals surface area contributed by atoms with Crippen molar-refractivity contribution in [1.82, 2.24) is 10.3 Å². The van der Waals surface area contributed by atoms with Crippen LogP contribution < -0.4 is 15.0 Å². The number of ether oxygens (including phenoxy) is 1. The van der Waals surface area contributed by atoms with Crippen molar-refractivity contribution in [2.75, 3.05) is 18.5 Å². The zero-order valence-corrected chi connectivity index (χ0v) is 13.2. The Bertz CT molecular complexity index is 840. The van der Waals surface area contributed by atoms with E-state index in [2.05, 4.69) is 10.3 Å². The number of benzene rings is 1. The third-order valence-corrected chi connectivity index (χ3v) is 3.69. The van der Waals surface area contributed by atoms with Gasteiger partial charge in [-0.25, -0.2) is 0 Å². The highest BCUT2D eigenvalue weighted by atomic mass is 16.6. The number of nitro groups is 1. The van der Waals surface area contributed by atoms with Gasteiger partial charge in [-0.05, 0) is 16.0 Å². The van der Waals surface area contributed by atoms with E-state index in [1.807, 2.05) is 0 Å². The lowest BCUT2D eigenvalue weighted by Crippen LogP contribution is -2.46. The van der Waals surface area contributed by atoms with Crippen molar-refractivity contribution in [2.24, 2.45) is 0 Å². The first kappa shape index (κ1) is 16.4. The summed E-state index contributed by atoms with van der Waals surface area (Å²) in [6.45, 7) is -0.316. The van der Waals surface area contributed by atoms with E-state index in [0.717, 1.165) is 4.90 Å². The van der Waals surface area contributed by atoms with Crippen LogP contribution in [0.1, 0.15) is 11.7 Å². The molecular formula is C16H14N4O5. The number of pyridine rings is 1. The van der Waals surface area contributed by atoms with Gasteiger partial charge in [-0.2, -0.15) is 0 Å². The minimum Gasteiger partial charge on any atom is -0.469 e. The summed E-state index contributed by atoms with van der Waals surface area (Å²) in [6, 6.07) is 11.3. The number of fused-ring (bicyclic) bond motifs is 1. The smallest absolute Gasteiger partial charge is 0.366 e. The van der Waals surface area contributed by atoms with Crippen molar-refractivity contribution in [1.29, 1.82) is 0 Å². The number of hydrogen-bond acceptors (Lipinski definition) is 6. The van der Waals surface area contributed by atoms with Gasteiger partial charge in [0.05, 0.1) is 0 Å². The van der Waals surface area contributed by atoms with Crippen molar-refractivity contribution in [3.05, 3.63) is 58.1 Å². The van der Waals surface area contributed by atoms with Crippen molar-refractivity contribution in [3.63, 3.8) is 0 Å². The van der Waals surface area contributed by atoms with Gasteiger partial charge < -0.3 is 20.2 Å². The van der Waals surface area contributed by atoms with E-state index in [1.54, 1.807) is 30.3 Å². The number of carbonyl (C=O) groups excluding carboxylic acids is 2. The van der Waals surface area contributed by atoms with Gasteiger partial charge in [0, 0.05) is 18.7 Å². The van der Waals surface area contributed by atoms with E-state index in [9.17, 15) is 19.7 Å². The van der Waals surface area contributed by atoms with E-state index in [0.29, 0.717) is 5.56 Å². The number of nitrogens with one attached hydrogen (secondary N) is 1. The minimum atomic E-state index is -0.957. The number of aromatic nitrogens is 1. The van der Waals surface area contributed by atoms with Gasteiger partial charge in [-0.1, -0.05) is 30.3 Å². The van der Waals surface area contributed by atoms with Gasteiger partial charge in [0.2, 0.25) is 12.0 Å². The predicted octanol–water partition coefficient (Wildman–Crippen LogP) is 1.20. The van der Waals surface area contributed by atoms with Crippen LogP contribution in [-0.2, 0) is 9.59 Å². The van der Waals surface area contributed by atoms with Crippen LogP contribution >= 0.6 is 0 Å². The molecule has 1 N–H and O–H groups in total. The summed E-state index contributed by atoms with van der Waals surface area (Å²) in [7, 11) is 1.43. The summed E-state index contributed by atoms with van der Waals surface area (Å²) in [5.74, 6) is -1.23. The van der Waals surface area contributed by atoms with Crippen LogP contribution in [0.15, 0.2) is 42.5 Å². The number of rotatable bonds is 4. The summed E-state index contributed by atoms with van der Waals surface area (Å²) in [5.41, 5.74) is 0.610. The van der Waals surface area contributed by atoms with Gasteiger partial charge in [-0.3, -0.25) is 14.5 Å². The summed E-state index contributed by atoms with van der Waals surface area (Å²) in [5, 5.41) is 13.4. The van der Waals surface area contributed by atoms with Crippen molar-refractivity contribution >= 4 is 23.5 Å². The minimum absolute atomic E-state index is 0.0463. The van der Waals surface area contributed by atoms with E-state index in [4.69, 9.17) is 4.74 Å². The average molecular weight is 342 g/mol. The Hall–Kier alpha value is -3.49. The molecule has 128 valence electrons. The molecule has 9 heteroatoms. The Kier molecular flexibility index (Phi) is 4.29. The van der Waals surface area contributed by atoms with Crippen LogP contribution in [0.5, 0.6) is 5.75 Å². The van der Waals surface area contributed by atoms with Gasteiger partial charge >= 0.3 is 5.82 Å². The highest BCUT2D eigenvalue weighted by Gasteiger charge is 2.40. The molecule has 0 radical (unpaired) electrons. The van der Waals surface area contributed by atoms with Crippen LogP contribution in [0.3, 0.4) is 0 Å². The maximum atomic E-state index is 12.8. The number of likely N-dealkylation sites (N-methyl/N-ethyl adjacent to an activating group) is 1. The quantitative estimate of drug-likeness (QED) is 0.659. The Morgan fingerprint density at radius 2 is 2.04 bits per heavy atom. The normalized spacial score (nSPS) is 16.0. The van der Waals surface area contributed by atoms with Gasteiger partial charge in [0.1, 0.15) is 6.54 Å². The molecule has 9 nitrogen and oxygen atoms in total. The first-order valence-electron chi connectivity index (χ1n) is 7.40. The molecule has 3 rings (SSSR count). The molecule has 0 saturated carbocycles. The standard InChI is InChI=1S/C16H14N4O5/c1-17-13(21)9-19-15-11(7-8-12(18-15)20(23)24)25-14(16(19)22)10-5-3-2-4-6-10/h2-8,14H,9H2,1H3,(H,17,21). The Labute approximate surface area is 142 Å². The van der Waals surface area contributed by atoms with Crippen LogP contribution in [0, 0.1) is 10.1 Å². The second kappa shape index (κ2) is 6.56. The monoisotopic (exact) mass is 342 g/mol. The lowest BCUT2D eigenvalue weighted by Gasteiger charge is -2.30. The van der Waals surface area contributed by atoms with E-state index in [-0.39, 0.29) is 18.1 Å². The average Bonchev–Trinajstić information content (AvgIpc) is 2.63. The number of anilines is 1. The molecule has 1 aliphatic heterocycles. The fraction of sp³-hybridized carbons (Fsp3) is 0.188. The molecule has 0 spiro atoms.